The van der Waals surface area contributed by atoms with Gasteiger partial charge in [0, 0.05) is 6.42 Å². The van der Waals surface area contributed by atoms with E-state index < -0.39 is 0 Å². The van der Waals surface area contributed by atoms with Crippen LogP contribution in [0.3, 0.4) is 0 Å². The van der Waals surface area contributed by atoms with Crippen LogP contribution in [0.4, 0.5) is 0 Å². The van der Waals surface area contributed by atoms with Gasteiger partial charge in [0.1, 0.15) is 0 Å². The molecule has 0 nitrogen and oxygen atoms in total. The first-order chi connectivity index (χ1) is 11.4. The highest BCUT2D eigenvalue weighted by atomic mass is 31.0. The van der Waals surface area contributed by atoms with E-state index in [1.807, 2.05) is 0 Å². The number of hydrogen-bond acceptors (Lipinski definition) is 0. The van der Waals surface area contributed by atoms with Crippen LogP contribution < -0.4 is 0 Å². The lowest BCUT2D eigenvalue weighted by Gasteiger charge is -2.19. The van der Waals surface area contributed by atoms with Gasteiger partial charge >= 0.3 is 0 Å². The fourth-order valence-corrected chi connectivity index (χ4v) is 4.18. The van der Waals surface area contributed by atoms with Crippen molar-refractivity contribution in [2.75, 3.05) is 6.16 Å². The van der Waals surface area contributed by atoms with E-state index in [-0.39, 0.29) is 0 Å². The van der Waals surface area contributed by atoms with Crippen molar-refractivity contribution in [3.63, 3.8) is 0 Å². The SMILES string of the molecule is [PH3+]CCc1c2ccccc2c(C2=CC=CCC2)c2ccccc12. The standard InChI is InChI=1S/C22H21P/c23-15-14-19-17-10-4-6-12-20(17)22(16-8-2-1-3-9-16)21-13-7-5-11-18(19)21/h1-2,4-8,10-13H,3,9,14-15,23H2/p+1. The number of allylic oxidation sites excluding steroid dienone is 4. The normalized spacial score (nSPS) is 14.5. The molecule has 0 spiro atoms. The quantitative estimate of drug-likeness (QED) is 0.418. The second kappa shape index (κ2) is 6.30. The highest BCUT2D eigenvalue weighted by Crippen LogP contribution is 2.39. The van der Waals surface area contributed by atoms with Crippen molar-refractivity contribution in [2.24, 2.45) is 0 Å². The van der Waals surface area contributed by atoms with Crippen molar-refractivity contribution >= 4 is 36.4 Å². The Morgan fingerprint density at radius 3 is 1.96 bits per heavy atom. The Labute approximate surface area is 140 Å². The van der Waals surface area contributed by atoms with E-state index in [2.05, 4.69) is 76.0 Å². The highest BCUT2D eigenvalue weighted by Gasteiger charge is 2.16. The number of rotatable bonds is 3. The van der Waals surface area contributed by atoms with E-state index in [0.29, 0.717) is 0 Å². The first-order valence-corrected chi connectivity index (χ1v) is 9.48. The smallest absolute Gasteiger partial charge is 0.0567 e. The van der Waals surface area contributed by atoms with Gasteiger partial charge in [-0.1, -0.05) is 66.8 Å². The van der Waals surface area contributed by atoms with E-state index in [1.54, 1.807) is 0 Å². The first-order valence-electron chi connectivity index (χ1n) is 8.48. The van der Waals surface area contributed by atoms with Crippen molar-refractivity contribution in [1.29, 1.82) is 0 Å². The van der Waals surface area contributed by atoms with Crippen molar-refractivity contribution in [1.82, 2.24) is 0 Å². The maximum atomic E-state index is 2.30. The zero-order chi connectivity index (χ0) is 15.6. The lowest BCUT2D eigenvalue weighted by molar-refractivity contribution is 1.06. The third-order valence-corrected chi connectivity index (χ3v) is 5.16. The van der Waals surface area contributed by atoms with Gasteiger partial charge in [0.05, 0.1) is 6.16 Å². The largest absolute Gasteiger partial charge is 0.0842 e. The summed E-state index contributed by atoms with van der Waals surface area (Å²) >= 11 is 0. The Hall–Kier alpha value is -1.91. The molecule has 0 fully saturated rings. The summed E-state index contributed by atoms with van der Waals surface area (Å²) in [6, 6.07) is 17.9. The molecule has 0 aromatic heterocycles. The van der Waals surface area contributed by atoms with Gasteiger partial charge in [-0.2, -0.15) is 0 Å². The molecule has 1 aliphatic carbocycles. The van der Waals surface area contributed by atoms with E-state index in [9.17, 15) is 0 Å². The molecule has 1 atom stereocenters. The average molecular weight is 317 g/mol. The Bertz CT molecular complexity index is 874. The molecule has 1 unspecified atom stereocenters. The molecule has 0 saturated carbocycles. The summed E-state index contributed by atoms with van der Waals surface area (Å²) in [5, 5.41) is 5.70. The molecular formula is C22H22P+. The van der Waals surface area contributed by atoms with Crippen molar-refractivity contribution in [2.45, 2.75) is 19.3 Å². The molecule has 0 radical (unpaired) electrons. The van der Waals surface area contributed by atoms with Crippen molar-refractivity contribution < 1.29 is 0 Å². The van der Waals surface area contributed by atoms with Crippen LogP contribution in [0, 0.1) is 0 Å². The summed E-state index contributed by atoms with van der Waals surface area (Å²) in [5.74, 6) is 0. The zero-order valence-corrected chi connectivity index (χ0v) is 14.8. The number of hydrogen-bond donors (Lipinski definition) is 0. The highest BCUT2D eigenvalue weighted by molar-refractivity contribution is 7.16. The van der Waals surface area contributed by atoms with Gasteiger partial charge in [0.15, 0.2) is 0 Å². The predicted molar refractivity (Wildman–Crippen MR) is 107 cm³/mol. The summed E-state index contributed by atoms with van der Waals surface area (Å²) in [5.41, 5.74) is 4.44. The third-order valence-electron chi connectivity index (χ3n) is 4.80. The van der Waals surface area contributed by atoms with Gasteiger partial charge in [-0.15, -0.1) is 0 Å². The van der Waals surface area contributed by atoms with Gasteiger partial charge in [0.25, 0.3) is 0 Å². The van der Waals surface area contributed by atoms with E-state index >= 15 is 0 Å². The molecule has 1 heteroatoms. The van der Waals surface area contributed by atoms with E-state index in [1.165, 1.54) is 44.4 Å². The summed E-state index contributed by atoms with van der Waals surface area (Å²) in [6.07, 6.45) is 11.4. The molecule has 0 N–H and O–H groups in total. The molecule has 114 valence electrons. The predicted octanol–water partition coefficient (Wildman–Crippen LogP) is 5.88. The van der Waals surface area contributed by atoms with Crippen LogP contribution in [0.15, 0.2) is 66.8 Å². The van der Waals surface area contributed by atoms with Gasteiger partial charge in [-0.3, -0.25) is 0 Å². The van der Waals surface area contributed by atoms with Crippen LogP contribution in [-0.4, -0.2) is 6.16 Å². The minimum absolute atomic E-state index is 1.14. The van der Waals surface area contributed by atoms with Crippen LogP contribution in [0.2, 0.25) is 0 Å². The zero-order valence-electron chi connectivity index (χ0n) is 13.4. The molecule has 0 amide bonds. The van der Waals surface area contributed by atoms with Crippen LogP contribution in [0.1, 0.15) is 24.0 Å². The minimum Gasteiger partial charge on any atom is -0.0842 e. The number of fused-ring (bicyclic) bond motifs is 2. The van der Waals surface area contributed by atoms with Crippen LogP contribution in [0.5, 0.6) is 0 Å². The second-order valence-corrected chi connectivity index (χ2v) is 6.91. The lowest BCUT2D eigenvalue weighted by Crippen LogP contribution is -1.97. The van der Waals surface area contributed by atoms with Crippen LogP contribution >= 0.6 is 9.24 Å². The number of aryl methyl sites for hydroxylation is 1. The van der Waals surface area contributed by atoms with Crippen molar-refractivity contribution in [3.8, 4) is 0 Å². The molecule has 23 heavy (non-hydrogen) atoms. The summed E-state index contributed by atoms with van der Waals surface area (Å²) in [7, 11) is 2.07. The molecule has 4 rings (SSSR count). The average Bonchev–Trinajstić information content (AvgIpc) is 2.62. The number of benzene rings is 3. The summed E-state index contributed by atoms with van der Waals surface area (Å²) in [6.45, 7) is 0. The minimum atomic E-state index is 1.14. The van der Waals surface area contributed by atoms with Gasteiger partial charge in [0.2, 0.25) is 0 Å². The molecule has 0 heterocycles. The fraction of sp³-hybridized carbons (Fsp3) is 0.182. The topological polar surface area (TPSA) is 0 Å². The molecule has 0 bridgehead atoms. The fourth-order valence-electron chi connectivity index (χ4n) is 3.82. The van der Waals surface area contributed by atoms with Crippen LogP contribution in [0.25, 0.3) is 27.1 Å². The first kappa shape index (κ1) is 14.7. The lowest BCUT2D eigenvalue weighted by atomic mass is 9.85. The van der Waals surface area contributed by atoms with Gasteiger partial charge in [-0.05, 0) is 60.3 Å². The second-order valence-electron chi connectivity index (χ2n) is 6.21. The Morgan fingerprint density at radius 2 is 1.43 bits per heavy atom. The maximum absolute atomic E-state index is 2.30. The van der Waals surface area contributed by atoms with Crippen molar-refractivity contribution in [3.05, 3.63) is 77.9 Å². The third kappa shape index (κ3) is 2.52. The molecular weight excluding hydrogens is 295 g/mol. The monoisotopic (exact) mass is 317 g/mol. The van der Waals surface area contributed by atoms with E-state index in [0.717, 1.165) is 19.3 Å². The van der Waals surface area contributed by atoms with E-state index in [4.69, 9.17) is 0 Å². The Kier molecular flexibility index (Phi) is 4.02. The molecule has 0 saturated heterocycles. The Balaban J connectivity index is 2.17. The molecule has 0 aliphatic heterocycles. The maximum Gasteiger partial charge on any atom is 0.0567 e. The molecule has 3 aromatic carbocycles. The van der Waals surface area contributed by atoms with Gasteiger partial charge < -0.3 is 0 Å². The summed E-state index contributed by atoms with van der Waals surface area (Å²) < 4.78 is 0. The molecule has 3 aromatic rings. The van der Waals surface area contributed by atoms with Crippen LogP contribution in [-0.2, 0) is 6.42 Å². The Morgan fingerprint density at radius 1 is 0.826 bits per heavy atom. The van der Waals surface area contributed by atoms with Gasteiger partial charge in [-0.25, -0.2) is 0 Å². The summed E-state index contributed by atoms with van der Waals surface area (Å²) in [4.78, 5) is 0. The molecule has 1 aliphatic rings.